The zero-order valence-corrected chi connectivity index (χ0v) is 16.3. The maximum Gasteiger partial charge on any atom is 0.124 e. The summed E-state index contributed by atoms with van der Waals surface area (Å²) < 4.78 is 6.18. The molecular formula is C23H30O2. The van der Waals surface area contributed by atoms with E-state index in [0.717, 1.165) is 28.0 Å². The molecule has 2 heteroatoms. The molecule has 0 fully saturated rings. The van der Waals surface area contributed by atoms with Gasteiger partial charge in [-0.1, -0.05) is 78.5 Å². The Bertz CT molecular complexity index is 741. The Morgan fingerprint density at radius 3 is 1.96 bits per heavy atom. The maximum absolute atomic E-state index is 10.5. The Morgan fingerprint density at radius 1 is 0.920 bits per heavy atom. The molecule has 2 aromatic rings. The van der Waals surface area contributed by atoms with Gasteiger partial charge in [0.15, 0.2) is 0 Å². The van der Waals surface area contributed by atoms with Crippen LogP contribution < -0.4 is 4.74 Å². The average molecular weight is 338 g/mol. The molecule has 0 amide bonds. The van der Waals surface area contributed by atoms with Gasteiger partial charge in [-0.15, -0.1) is 0 Å². The molecule has 2 nitrogen and oxygen atoms in total. The van der Waals surface area contributed by atoms with Crippen molar-refractivity contribution in [3.05, 3.63) is 65.2 Å². The second-order valence-electron chi connectivity index (χ2n) is 8.60. The fourth-order valence-corrected chi connectivity index (χ4v) is 2.79. The quantitative estimate of drug-likeness (QED) is 0.718. The van der Waals surface area contributed by atoms with Gasteiger partial charge in [0.2, 0.25) is 0 Å². The molecule has 25 heavy (non-hydrogen) atoms. The van der Waals surface area contributed by atoms with Crippen molar-refractivity contribution in [2.45, 2.75) is 59.0 Å². The van der Waals surface area contributed by atoms with Crippen molar-refractivity contribution in [3.8, 4) is 11.5 Å². The number of aromatic hydroxyl groups is 1. The van der Waals surface area contributed by atoms with Gasteiger partial charge in [0.25, 0.3) is 0 Å². The lowest BCUT2D eigenvalue weighted by atomic mass is 9.81. The summed E-state index contributed by atoms with van der Waals surface area (Å²) in [4.78, 5) is 0. The number of phenols is 1. The van der Waals surface area contributed by atoms with Crippen molar-refractivity contribution in [1.82, 2.24) is 0 Å². The van der Waals surface area contributed by atoms with Crippen LogP contribution in [0, 0.1) is 0 Å². The summed E-state index contributed by atoms with van der Waals surface area (Å²) in [5.41, 5.74) is 3.85. The summed E-state index contributed by atoms with van der Waals surface area (Å²) in [7, 11) is 0. The molecule has 0 aromatic heterocycles. The topological polar surface area (TPSA) is 29.5 Å². The first-order valence-corrected chi connectivity index (χ1v) is 8.74. The summed E-state index contributed by atoms with van der Waals surface area (Å²) in [6, 6.07) is 12.0. The molecular weight excluding hydrogens is 308 g/mol. The Balaban J connectivity index is 2.37. The molecule has 0 aliphatic carbocycles. The summed E-state index contributed by atoms with van der Waals surface area (Å²) in [5.74, 6) is 1.17. The molecule has 0 radical (unpaired) electrons. The van der Waals surface area contributed by atoms with Crippen molar-refractivity contribution in [2.24, 2.45) is 0 Å². The minimum atomic E-state index is -0.149. The molecule has 0 spiro atoms. The highest BCUT2D eigenvalue weighted by Crippen LogP contribution is 2.40. The molecule has 0 aliphatic heterocycles. The lowest BCUT2D eigenvalue weighted by Gasteiger charge is -2.27. The third kappa shape index (κ3) is 4.66. The van der Waals surface area contributed by atoms with Crippen LogP contribution in [0.1, 0.15) is 63.8 Å². The predicted octanol–water partition coefficient (Wildman–Crippen LogP) is 6.21. The number of benzene rings is 2. The van der Waals surface area contributed by atoms with E-state index in [1.807, 2.05) is 30.3 Å². The van der Waals surface area contributed by atoms with E-state index in [1.54, 1.807) is 0 Å². The van der Waals surface area contributed by atoms with Crippen LogP contribution >= 0.6 is 0 Å². The Labute approximate surface area is 152 Å². The molecule has 0 atom stereocenters. The van der Waals surface area contributed by atoms with E-state index in [4.69, 9.17) is 4.74 Å². The Kier molecular flexibility index (Phi) is 5.31. The van der Waals surface area contributed by atoms with E-state index in [1.165, 1.54) is 0 Å². The molecule has 2 aromatic carbocycles. The van der Waals surface area contributed by atoms with E-state index in [9.17, 15) is 5.11 Å². The number of hydrogen-bond acceptors (Lipinski definition) is 2. The van der Waals surface area contributed by atoms with Gasteiger partial charge in [-0.25, -0.2) is 0 Å². The van der Waals surface area contributed by atoms with Crippen LogP contribution in [0.5, 0.6) is 11.5 Å². The zero-order chi connectivity index (χ0) is 18.8. The summed E-state index contributed by atoms with van der Waals surface area (Å²) in [6.07, 6.45) is 1.83. The van der Waals surface area contributed by atoms with Crippen LogP contribution in [0.4, 0.5) is 0 Å². The third-order valence-corrected chi connectivity index (χ3v) is 4.32. The second kappa shape index (κ2) is 6.95. The average Bonchev–Trinajstić information content (AvgIpc) is 2.52. The summed E-state index contributed by atoms with van der Waals surface area (Å²) in [6.45, 7) is 16.9. The third-order valence-electron chi connectivity index (χ3n) is 4.32. The molecule has 2 rings (SSSR count). The Hall–Kier alpha value is -2.22. The largest absolute Gasteiger partial charge is 0.508 e. The van der Waals surface area contributed by atoms with Crippen LogP contribution in [0.25, 0.3) is 6.08 Å². The minimum absolute atomic E-state index is 0.115. The standard InChI is InChI=1S/C23H30O2/c1-8-16-9-11-17(12-10-16)15-25-21-14-18(22(2,3)4)20(24)13-19(21)23(5,6)7/h8-14,24H,1,15H2,2-7H3. The number of rotatable bonds is 4. The monoisotopic (exact) mass is 338 g/mol. The van der Waals surface area contributed by atoms with Crippen molar-refractivity contribution in [3.63, 3.8) is 0 Å². The van der Waals surface area contributed by atoms with Gasteiger partial charge in [-0.3, -0.25) is 0 Å². The SMILES string of the molecule is C=Cc1ccc(COc2cc(C(C)(C)C)c(O)cc2C(C)(C)C)cc1. The lowest BCUT2D eigenvalue weighted by molar-refractivity contribution is 0.295. The molecule has 0 unspecified atom stereocenters. The molecule has 0 saturated heterocycles. The molecule has 1 N–H and O–H groups in total. The van der Waals surface area contributed by atoms with Gasteiger partial charge in [-0.2, -0.15) is 0 Å². The van der Waals surface area contributed by atoms with Gasteiger partial charge >= 0.3 is 0 Å². The first kappa shape index (κ1) is 19.1. The number of ether oxygens (including phenoxy) is 1. The first-order chi connectivity index (χ1) is 11.5. The van der Waals surface area contributed by atoms with E-state index in [-0.39, 0.29) is 10.8 Å². The lowest BCUT2D eigenvalue weighted by Crippen LogP contribution is -2.17. The molecule has 0 heterocycles. The highest BCUT2D eigenvalue weighted by Gasteiger charge is 2.25. The van der Waals surface area contributed by atoms with E-state index < -0.39 is 0 Å². The molecule has 0 aliphatic rings. The highest BCUT2D eigenvalue weighted by molar-refractivity contribution is 5.51. The minimum Gasteiger partial charge on any atom is -0.508 e. The number of phenolic OH excluding ortho intramolecular Hbond substituents is 1. The molecule has 134 valence electrons. The first-order valence-electron chi connectivity index (χ1n) is 8.74. The van der Waals surface area contributed by atoms with Crippen molar-refractivity contribution in [1.29, 1.82) is 0 Å². The smallest absolute Gasteiger partial charge is 0.124 e. The predicted molar refractivity (Wildman–Crippen MR) is 106 cm³/mol. The highest BCUT2D eigenvalue weighted by atomic mass is 16.5. The van der Waals surface area contributed by atoms with E-state index in [2.05, 4.69) is 60.3 Å². The van der Waals surface area contributed by atoms with Gasteiger partial charge < -0.3 is 9.84 Å². The van der Waals surface area contributed by atoms with Crippen molar-refractivity contribution >= 4 is 6.08 Å². The van der Waals surface area contributed by atoms with Crippen LogP contribution in [0.3, 0.4) is 0 Å². The maximum atomic E-state index is 10.5. The summed E-state index contributed by atoms with van der Waals surface area (Å²) in [5, 5.41) is 10.5. The van der Waals surface area contributed by atoms with Crippen LogP contribution in [0.15, 0.2) is 43.0 Å². The molecule has 0 saturated carbocycles. The fraction of sp³-hybridized carbons (Fsp3) is 0.391. The van der Waals surface area contributed by atoms with Crippen LogP contribution in [0.2, 0.25) is 0 Å². The van der Waals surface area contributed by atoms with Gasteiger partial charge in [0.1, 0.15) is 18.1 Å². The zero-order valence-electron chi connectivity index (χ0n) is 16.3. The summed E-state index contributed by atoms with van der Waals surface area (Å²) >= 11 is 0. The molecule has 0 bridgehead atoms. The Morgan fingerprint density at radius 2 is 1.48 bits per heavy atom. The van der Waals surface area contributed by atoms with Crippen LogP contribution in [-0.2, 0) is 17.4 Å². The van der Waals surface area contributed by atoms with Gasteiger partial charge in [-0.05, 0) is 34.1 Å². The fourth-order valence-electron chi connectivity index (χ4n) is 2.79. The van der Waals surface area contributed by atoms with Crippen LogP contribution in [-0.4, -0.2) is 5.11 Å². The van der Waals surface area contributed by atoms with Crippen molar-refractivity contribution < 1.29 is 9.84 Å². The van der Waals surface area contributed by atoms with Crippen molar-refractivity contribution in [2.75, 3.05) is 0 Å². The van der Waals surface area contributed by atoms with E-state index in [0.29, 0.717) is 12.4 Å². The normalized spacial score (nSPS) is 12.1. The van der Waals surface area contributed by atoms with Gasteiger partial charge in [0, 0.05) is 11.1 Å². The van der Waals surface area contributed by atoms with E-state index >= 15 is 0 Å². The number of hydrogen-bond donors (Lipinski definition) is 1. The van der Waals surface area contributed by atoms with Gasteiger partial charge in [0.05, 0.1) is 0 Å². The second-order valence-corrected chi connectivity index (χ2v) is 8.60.